The average molecular weight is 344 g/mol. The van der Waals surface area contributed by atoms with Gasteiger partial charge in [-0.15, -0.1) is 11.6 Å². The van der Waals surface area contributed by atoms with Crippen LogP contribution in [0.3, 0.4) is 0 Å². The quantitative estimate of drug-likeness (QED) is 0.705. The zero-order valence-corrected chi connectivity index (χ0v) is 13.4. The van der Waals surface area contributed by atoms with Gasteiger partial charge in [-0.3, -0.25) is 0 Å². The van der Waals surface area contributed by atoms with Gasteiger partial charge >= 0.3 is 0 Å². The molecule has 0 radical (unpaired) electrons. The maximum absolute atomic E-state index is 6.52. The van der Waals surface area contributed by atoms with Crippen LogP contribution in [0.1, 0.15) is 16.5 Å². The van der Waals surface area contributed by atoms with Gasteiger partial charge in [0.1, 0.15) is 13.2 Å². The summed E-state index contributed by atoms with van der Waals surface area (Å²) in [5.41, 5.74) is 1.81. The van der Waals surface area contributed by atoms with E-state index in [2.05, 4.69) is 0 Å². The molecule has 0 fully saturated rings. The average Bonchev–Trinajstić information content (AvgIpc) is 2.49. The summed E-state index contributed by atoms with van der Waals surface area (Å²) >= 11 is 19.0. The van der Waals surface area contributed by atoms with E-state index in [0.717, 1.165) is 11.1 Å². The second-order valence-corrected chi connectivity index (χ2v) is 6.12. The molecular formula is C16H13Cl3O2. The second-order valence-electron chi connectivity index (χ2n) is 4.78. The highest BCUT2D eigenvalue weighted by Gasteiger charge is 2.20. The van der Waals surface area contributed by atoms with Gasteiger partial charge in [0.05, 0.1) is 5.38 Å². The molecule has 1 unspecified atom stereocenters. The minimum absolute atomic E-state index is 0.284. The summed E-state index contributed by atoms with van der Waals surface area (Å²) in [5, 5.41) is 0.997. The first-order chi connectivity index (χ1) is 10.1. The minimum atomic E-state index is -0.284. The van der Waals surface area contributed by atoms with Gasteiger partial charge in [-0.25, -0.2) is 0 Å². The predicted molar refractivity (Wildman–Crippen MR) is 86.2 cm³/mol. The molecule has 0 bridgehead atoms. The third-order valence-corrected chi connectivity index (χ3v) is 4.44. The Bertz CT molecular complexity index is 658. The number of hydrogen-bond acceptors (Lipinski definition) is 2. The lowest BCUT2D eigenvalue weighted by Gasteiger charge is -2.21. The molecule has 0 aliphatic carbocycles. The van der Waals surface area contributed by atoms with E-state index in [-0.39, 0.29) is 5.38 Å². The van der Waals surface area contributed by atoms with Gasteiger partial charge in [0, 0.05) is 16.1 Å². The molecule has 0 saturated heterocycles. The van der Waals surface area contributed by atoms with Crippen molar-refractivity contribution in [1.29, 1.82) is 0 Å². The number of alkyl halides is 1. The number of benzene rings is 2. The summed E-state index contributed by atoms with van der Waals surface area (Å²) in [5.74, 6) is 1.35. The molecule has 2 aromatic carbocycles. The third-order valence-electron chi connectivity index (χ3n) is 3.36. The fourth-order valence-corrected chi connectivity index (χ4v) is 3.19. The van der Waals surface area contributed by atoms with Gasteiger partial charge in [-0.2, -0.15) is 0 Å². The molecule has 0 saturated carbocycles. The monoisotopic (exact) mass is 342 g/mol. The largest absolute Gasteiger partial charge is 0.486 e. The van der Waals surface area contributed by atoms with Crippen LogP contribution in [0.5, 0.6) is 11.5 Å². The standard InChI is InChI=1S/C16H13Cl3O2/c17-12-4-2-1-3-10(12)7-13(18)11-8-15-16(9-14(11)19)21-6-5-20-15/h1-4,8-9,13H,5-7H2. The molecule has 1 aliphatic heterocycles. The van der Waals surface area contributed by atoms with Crippen molar-refractivity contribution in [2.24, 2.45) is 0 Å². The van der Waals surface area contributed by atoms with Gasteiger partial charge in [0.25, 0.3) is 0 Å². The van der Waals surface area contributed by atoms with E-state index in [0.29, 0.717) is 41.2 Å². The number of halogens is 3. The van der Waals surface area contributed by atoms with Crippen LogP contribution in [0.15, 0.2) is 36.4 Å². The Labute approximate surface area is 138 Å². The number of rotatable bonds is 3. The van der Waals surface area contributed by atoms with Crippen molar-refractivity contribution in [3.05, 3.63) is 57.6 Å². The van der Waals surface area contributed by atoms with E-state index in [1.807, 2.05) is 30.3 Å². The highest BCUT2D eigenvalue weighted by Crippen LogP contribution is 2.40. The fourth-order valence-electron chi connectivity index (χ4n) is 2.29. The lowest BCUT2D eigenvalue weighted by Crippen LogP contribution is -2.15. The first-order valence-electron chi connectivity index (χ1n) is 6.61. The SMILES string of the molecule is Clc1ccccc1CC(Cl)c1cc2c(cc1Cl)OCCO2. The molecule has 1 heterocycles. The third kappa shape index (κ3) is 3.23. The minimum Gasteiger partial charge on any atom is -0.486 e. The van der Waals surface area contributed by atoms with Crippen LogP contribution >= 0.6 is 34.8 Å². The Kier molecular flexibility index (Phi) is 4.48. The van der Waals surface area contributed by atoms with Crippen LogP contribution in [0, 0.1) is 0 Å². The van der Waals surface area contributed by atoms with Crippen molar-refractivity contribution in [2.45, 2.75) is 11.8 Å². The number of ether oxygens (including phenoxy) is 2. The van der Waals surface area contributed by atoms with Gasteiger partial charge in [-0.05, 0) is 29.7 Å². The van der Waals surface area contributed by atoms with Gasteiger partial charge in [0.15, 0.2) is 11.5 Å². The van der Waals surface area contributed by atoms with Crippen molar-refractivity contribution in [3.63, 3.8) is 0 Å². The van der Waals surface area contributed by atoms with E-state index in [4.69, 9.17) is 44.3 Å². The molecule has 0 amide bonds. The van der Waals surface area contributed by atoms with Gasteiger partial charge in [-0.1, -0.05) is 41.4 Å². The highest BCUT2D eigenvalue weighted by molar-refractivity contribution is 6.33. The molecule has 0 spiro atoms. The van der Waals surface area contributed by atoms with Crippen molar-refractivity contribution in [2.75, 3.05) is 13.2 Å². The molecule has 2 nitrogen and oxygen atoms in total. The van der Waals surface area contributed by atoms with Crippen molar-refractivity contribution in [1.82, 2.24) is 0 Å². The summed E-state index contributed by atoms with van der Waals surface area (Å²) in [6.45, 7) is 1.07. The summed E-state index contributed by atoms with van der Waals surface area (Å²) in [7, 11) is 0. The van der Waals surface area contributed by atoms with Crippen LogP contribution < -0.4 is 9.47 Å². The van der Waals surface area contributed by atoms with E-state index in [1.165, 1.54) is 0 Å². The van der Waals surface area contributed by atoms with E-state index < -0.39 is 0 Å². The zero-order valence-electron chi connectivity index (χ0n) is 11.1. The van der Waals surface area contributed by atoms with Crippen molar-refractivity contribution < 1.29 is 9.47 Å². The molecule has 0 N–H and O–H groups in total. The molecule has 0 aromatic heterocycles. The van der Waals surface area contributed by atoms with Crippen LogP contribution in [-0.4, -0.2) is 13.2 Å². The predicted octanol–water partition coefficient (Wildman–Crippen LogP) is 5.29. The van der Waals surface area contributed by atoms with Crippen LogP contribution in [-0.2, 0) is 6.42 Å². The first kappa shape index (κ1) is 14.8. The molecular weight excluding hydrogens is 331 g/mol. The molecule has 21 heavy (non-hydrogen) atoms. The number of hydrogen-bond donors (Lipinski definition) is 0. The van der Waals surface area contributed by atoms with Crippen LogP contribution in [0.2, 0.25) is 10.0 Å². The van der Waals surface area contributed by atoms with Gasteiger partial charge < -0.3 is 9.47 Å². The van der Waals surface area contributed by atoms with Gasteiger partial charge in [0.2, 0.25) is 0 Å². The normalized spacial score (nSPS) is 14.8. The molecule has 5 heteroatoms. The second kappa shape index (κ2) is 6.35. The molecule has 1 aliphatic rings. The molecule has 1 atom stereocenters. The highest BCUT2D eigenvalue weighted by atomic mass is 35.5. The lowest BCUT2D eigenvalue weighted by molar-refractivity contribution is 0.171. The molecule has 110 valence electrons. The Hall–Kier alpha value is -1.09. The maximum Gasteiger partial charge on any atom is 0.162 e. The van der Waals surface area contributed by atoms with Crippen LogP contribution in [0.25, 0.3) is 0 Å². The summed E-state index contributed by atoms with van der Waals surface area (Å²) < 4.78 is 11.1. The fraction of sp³-hybridized carbons (Fsp3) is 0.250. The maximum atomic E-state index is 6.52. The van der Waals surface area contributed by atoms with Crippen molar-refractivity contribution in [3.8, 4) is 11.5 Å². The Balaban J connectivity index is 1.87. The first-order valence-corrected chi connectivity index (χ1v) is 7.81. The van der Waals surface area contributed by atoms with Crippen molar-refractivity contribution >= 4 is 34.8 Å². The Morgan fingerprint density at radius 3 is 2.33 bits per heavy atom. The molecule has 2 aromatic rings. The van der Waals surface area contributed by atoms with Crippen LogP contribution in [0.4, 0.5) is 0 Å². The topological polar surface area (TPSA) is 18.5 Å². The Morgan fingerprint density at radius 2 is 1.62 bits per heavy atom. The lowest BCUT2D eigenvalue weighted by atomic mass is 10.0. The number of fused-ring (bicyclic) bond motifs is 1. The summed E-state index contributed by atoms with van der Waals surface area (Å²) in [6, 6.07) is 11.3. The zero-order chi connectivity index (χ0) is 14.8. The summed E-state index contributed by atoms with van der Waals surface area (Å²) in [6.07, 6.45) is 0.598. The summed E-state index contributed by atoms with van der Waals surface area (Å²) in [4.78, 5) is 0. The van der Waals surface area contributed by atoms with E-state index in [1.54, 1.807) is 6.07 Å². The van der Waals surface area contributed by atoms with E-state index >= 15 is 0 Å². The van der Waals surface area contributed by atoms with E-state index in [9.17, 15) is 0 Å². The molecule has 3 rings (SSSR count). The Morgan fingerprint density at radius 1 is 0.952 bits per heavy atom. The smallest absolute Gasteiger partial charge is 0.162 e.